The smallest absolute Gasteiger partial charge is 0.273 e. The van der Waals surface area contributed by atoms with Crippen LogP contribution >= 0.6 is 11.3 Å². The molecule has 2 aromatic heterocycles. The molecule has 0 unspecified atom stereocenters. The highest BCUT2D eigenvalue weighted by Crippen LogP contribution is 2.31. The molecular formula is C21H17N3O3S. The van der Waals surface area contributed by atoms with Crippen LogP contribution in [0.2, 0.25) is 0 Å². The SMILES string of the molecule is O=C(CCn1[nH]c(=O)c2ccccc2c1=O)Nc1ccccc1-c1cccs1. The number of anilines is 1. The summed E-state index contributed by atoms with van der Waals surface area (Å²) in [6.07, 6.45) is 0.0625. The van der Waals surface area contributed by atoms with Crippen molar-refractivity contribution in [3.8, 4) is 10.4 Å². The Balaban J connectivity index is 1.52. The standard InChI is InChI=1S/C21H17N3O3S/c25-19(22-17-9-4-3-8-16(17)18-10-5-13-28-18)11-12-24-21(27)15-7-2-1-6-14(15)20(26)23-24/h1-10,13H,11-12H2,(H,22,25)(H,23,26). The third-order valence-electron chi connectivity index (χ3n) is 4.43. The Morgan fingerprint density at radius 1 is 0.964 bits per heavy atom. The van der Waals surface area contributed by atoms with E-state index in [1.165, 1.54) is 4.68 Å². The second kappa shape index (κ2) is 7.66. The van der Waals surface area contributed by atoms with E-state index in [0.29, 0.717) is 16.5 Å². The number of nitrogens with zero attached hydrogens (tertiary/aromatic N) is 1. The molecule has 2 heterocycles. The number of aromatic amines is 1. The number of aryl methyl sites for hydroxylation is 1. The van der Waals surface area contributed by atoms with Gasteiger partial charge >= 0.3 is 0 Å². The summed E-state index contributed by atoms with van der Waals surface area (Å²) >= 11 is 1.60. The molecular weight excluding hydrogens is 374 g/mol. The normalized spacial score (nSPS) is 10.9. The highest BCUT2D eigenvalue weighted by molar-refractivity contribution is 7.13. The Labute approximate surface area is 164 Å². The van der Waals surface area contributed by atoms with E-state index in [1.54, 1.807) is 35.6 Å². The molecule has 0 fully saturated rings. The van der Waals surface area contributed by atoms with Crippen LogP contribution in [0.3, 0.4) is 0 Å². The van der Waals surface area contributed by atoms with Crippen LogP contribution in [0.5, 0.6) is 0 Å². The average molecular weight is 391 g/mol. The zero-order valence-electron chi connectivity index (χ0n) is 14.8. The lowest BCUT2D eigenvalue weighted by Crippen LogP contribution is -2.31. The third kappa shape index (κ3) is 3.52. The van der Waals surface area contributed by atoms with E-state index in [-0.39, 0.29) is 30.0 Å². The number of H-pyrrole nitrogens is 1. The van der Waals surface area contributed by atoms with E-state index < -0.39 is 0 Å². The maximum atomic E-state index is 12.5. The summed E-state index contributed by atoms with van der Waals surface area (Å²) < 4.78 is 1.19. The van der Waals surface area contributed by atoms with Gasteiger partial charge in [0.05, 0.1) is 17.3 Å². The van der Waals surface area contributed by atoms with Crippen molar-refractivity contribution in [2.75, 3.05) is 5.32 Å². The molecule has 0 saturated carbocycles. The summed E-state index contributed by atoms with van der Waals surface area (Å²) in [4.78, 5) is 38.2. The van der Waals surface area contributed by atoms with Crippen molar-refractivity contribution >= 4 is 33.7 Å². The summed E-state index contributed by atoms with van der Waals surface area (Å²) in [5.74, 6) is -0.232. The predicted octanol–water partition coefficient (Wildman–Crippen LogP) is 3.45. The van der Waals surface area contributed by atoms with Crippen LogP contribution in [0.4, 0.5) is 5.69 Å². The lowest BCUT2D eigenvalue weighted by atomic mass is 10.1. The van der Waals surface area contributed by atoms with Crippen LogP contribution in [0, 0.1) is 0 Å². The number of amides is 1. The molecule has 7 heteroatoms. The number of benzene rings is 2. The first kappa shape index (κ1) is 17.9. The number of rotatable bonds is 5. The Morgan fingerprint density at radius 3 is 2.50 bits per heavy atom. The van der Waals surface area contributed by atoms with Gasteiger partial charge in [-0.2, -0.15) is 0 Å². The number of hydrogen-bond acceptors (Lipinski definition) is 4. The van der Waals surface area contributed by atoms with Crippen molar-refractivity contribution in [1.29, 1.82) is 0 Å². The summed E-state index contributed by atoms with van der Waals surface area (Å²) in [6, 6.07) is 18.2. The fraction of sp³-hybridized carbons (Fsp3) is 0.0952. The van der Waals surface area contributed by atoms with Gasteiger partial charge in [-0.25, -0.2) is 4.68 Å². The maximum Gasteiger partial charge on any atom is 0.273 e. The topological polar surface area (TPSA) is 84.0 Å². The van der Waals surface area contributed by atoms with Gasteiger partial charge in [-0.05, 0) is 29.6 Å². The minimum Gasteiger partial charge on any atom is -0.325 e. The van der Waals surface area contributed by atoms with Gasteiger partial charge in [0.2, 0.25) is 5.91 Å². The molecule has 0 bridgehead atoms. The highest BCUT2D eigenvalue weighted by atomic mass is 32.1. The number of para-hydroxylation sites is 1. The van der Waals surface area contributed by atoms with Crippen LogP contribution in [0.25, 0.3) is 21.2 Å². The van der Waals surface area contributed by atoms with Gasteiger partial charge < -0.3 is 5.32 Å². The molecule has 0 aliphatic carbocycles. The minimum atomic E-state index is -0.348. The number of fused-ring (bicyclic) bond motifs is 1. The van der Waals surface area contributed by atoms with Gasteiger partial charge in [0.15, 0.2) is 0 Å². The van der Waals surface area contributed by atoms with Crippen LogP contribution in [0.15, 0.2) is 75.6 Å². The summed E-state index contributed by atoms with van der Waals surface area (Å²) in [6.45, 7) is 0.0892. The van der Waals surface area contributed by atoms with Gasteiger partial charge in [0.1, 0.15) is 0 Å². The lowest BCUT2D eigenvalue weighted by molar-refractivity contribution is -0.116. The first-order valence-electron chi connectivity index (χ1n) is 8.78. The van der Waals surface area contributed by atoms with Gasteiger partial charge in [-0.3, -0.25) is 19.5 Å². The van der Waals surface area contributed by atoms with Crippen molar-refractivity contribution in [2.24, 2.45) is 0 Å². The van der Waals surface area contributed by atoms with Crippen molar-refractivity contribution in [3.63, 3.8) is 0 Å². The molecule has 0 aliphatic rings. The first-order chi connectivity index (χ1) is 13.6. The first-order valence-corrected chi connectivity index (χ1v) is 9.66. The molecule has 0 atom stereocenters. The van der Waals surface area contributed by atoms with Crippen LogP contribution in [-0.4, -0.2) is 15.7 Å². The number of nitrogens with one attached hydrogen (secondary N) is 2. The van der Waals surface area contributed by atoms with Crippen LogP contribution < -0.4 is 16.4 Å². The zero-order valence-corrected chi connectivity index (χ0v) is 15.7. The Hall–Kier alpha value is -3.45. The van der Waals surface area contributed by atoms with E-state index in [2.05, 4.69) is 10.4 Å². The van der Waals surface area contributed by atoms with Crippen molar-refractivity contribution < 1.29 is 4.79 Å². The minimum absolute atomic E-state index is 0.0625. The van der Waals surface area contributed by atoms with E-state index in [0.717, 1.165) is 10.4 Å². The van der Waals surface area contributed by atoms with Crippen molar-refractivity contribution in [3.05, 3.63) is 86.8 Å². The van der Waals surface area contributed by atoms with E-state index in [1.807, 2.05) is 41.8 Å². The van der Waals surface area contributed by atoms with Gasteiger partial charge in [-0.1, -0.05) is 36.4 Å². The maximum absolute atomic E-state index is 12.5. The molecule has 0 aliphatic heterocycles. The van der Waals surface area contributed by atoms with Gasteiger partial charge in [-0.15, -0.1) is 11.3 Å². The molecule has 2 aromatic carbocycles. The number of hydrogen-bond donors (Lipinski definition) is 2. The van der Waals surface area contributed by atoms with Crippen LogP contribution in [-0.2, 0) is 11.3 Å². The predicted molar refractivity (Wildman–Crippen MR) is 112 cm³/mol. The molecule has 2 N–H and O–H groups in total. The Bertz CT molecular complexity index is 1260. The van der Waals surface area contributed by atoms with Crippen molar-refractivity contribution in [2.45, 2.75) is 13.0 Å². The molecule has 140 valence electrons. The monoisotopic (exact) mass is 391 g/mol. The molecule has 6 nitrogen and oxygen atoms in total. The quantitative estimate of drug-likeness (QED) is 0.547. The second-order valence-corrected chi connectivity index (χ2v) is 7.21. The fourth-order valence-corrected chi connectivity index (χ4v) is 3.83. The molecule has 4 rings (SSSR count). The number of carbonyl (C=O) groups excluding carboxylic acids is 1. The Kier molecular flexibility index (Phi) is 4.90. The molecule has 0 radical (unpaired) electrons. The molecule has 0 saturated heterocycles. The molecule has 0 spiro atoms. The van der Waals surface area contributed by atoms with E-state index in [9.17, 15) is 14.4 Å². The van der Waals surface area contributed by atoms with E-state index >= 15 is 0 Å². The summed E-state index contributed by atoms with van der Waals surface area (Å²) in [5.41, 5.74) is 0.997. The van der Waals surface area contributed by atoms with E-state index in [4.69, 9.17) is 0 Å². The number of thiophene rings is 1. The van der Waals surface area contributed by atoms with Crippen molar-refractivity contribution in [1.82, 2.24) is 9.78 Å². The second-order valence-electron chi connectivity index (χ2n) is 6.26. The molecule has 28 heavy (non-hydrogen) atoms. The average Bonchev–Trinajstić information content (AvgIpc) is 3.25. The number of aromatic nitrogens is 2. The largest absolute Gasteiger partial charge is 0.325 e. The third-order valence-corrected chi connectivity index (χ3v) is 5.34. The van der Waals surface area contributed by atoms with Gasteiger partial charge in [0.25, 0.3) is 11.1 Å². The fourth-order valence-electron chi connectivity index (χ4n) is 3.07. The zero-order chi connectivity index (χ0) is 19.5. The van der Waals surface area contributed by atoms with Gasteiger partial charge in [0, 0.05) is 22.5 Å². The highest BCUT2D eigenvalue weighted by Gasteiger charge is 2.11. The molecule has 4 aromatic rings. The lowest BCUT2D eigenvalue weighted by Gasteiger charge is -2.11. The summed E-state index contributed by atoms with van der Waals surface area (Å²) in [5, 5.41) is 8.11. The Morgan fingerprint density at radius 2 is 1.71 bits per heavy atom. The number of carbonyl (C=O) groups is 1. The van der Waals surface area contributed by atoms with Crippen LogP contribution in [0.1, 0.15) is 6.42 Å². The molecule has 1 amide bonds. The summed E-state index contributed by atoms with van der Waals surface area (Å²) in [7, 11) is 0.